The van der Waals surface area contributed by atoms with Crippen molar-refractivity contribution in [1.29, 1.82) is 5.26 Å². The second-order valence-corrected chi connectivity index (χ2v) is 4.15. The molecule has 1 aromatic carbocycles. The van der Waals surface area contributed by atoms with Gasteiger partial charge in [-0.2, -0.15) is 5.26 Å². The van der Waals surface area contributed by atoms with Gasteiger partial charge in [-0.3, -0.25) is 0 Å². The van der Waals surface area contributed by atoms with E-state index in [0.29, 0.717) is 5.58 Å². The third-order valence-corrected chi connectivity index (χ3v) is 2.82. The largest absolute Gasteiger partial charge is 0.423 e. The molecule has 0 N–H and O–H groups in total. The predicted octanol–water partition coefficient (Wildman–Crippen LogP) is 2.89. The van der Waals surface area contributed by atoms with Gasteiger partial charge in [-0.15, -0.1) is 0 Å². The van der Waals surface area contributed by atoms with Crippen molar-refractivity contribution in [3.63, 3.8) is 0 Å². The Hall–Kier alpha value is -2.08. The second kappa shape index (κ2) is 4.84. The van der Waals surface area contributed by atoms with E-state index in [2.05, 4.69) is 6.07 Å². The number of benzene rings is 1. The number of rotatable bonds is 3. The summed E-state index contributed by atoms with van der Waals surface area (Å²) in [5, 5.41) is 9.71. The van der Waals surface area contributed by atoms with Crippen molar-refractivity contribution in [3.8, 4) is 6.07 Å². The van der Waals surface area contributed by atoms with Gasteiger partial charge in [0.1, 0.15) is 5.58 Å². The van der Waals surface area contributed by atoms with Crippen LogP contribution in [0.1, 0.15) is 18.9 Å². The topological polar surface area (TPSA) is 54.0 Å². The van der Waals surface area contributed by atoms with E-state index in [9.17, 15) is 4.79 Å². The minimum Gasteiger partial charge on any atom is -0.423 e. The summed E-state index contributed by atoms with van der Waals surface area (Å²) in [4.78, 5) is 11.1. The molecule has 17 heavy (non-hydrogen) atoms. The number of hydrogen-bond acceptors (Lipinski definition) is 3. The molecule has 0 fully saturated rings. The van der Waals surface area contributed by atoms with Gasteiger partial charge in [0.05, 0.1) is 6.07 Å². The van der Waals surface area contributed by atoms with Crippen LogP contribution in [0.5, 0.6) is 0 Å². The molecule has 1 aromatic heterocycles. The maximum absolute atomic E-state index is 11.1. The highest BCUT2D eigenvalue weighted by atomic mass is 16.4. The molecule has 0 spiro atoms. The van der Waals surface area contributed by atoms with Crippen molar-refractivity contribution in [1.82, 2.24) is 0 Å². The van der Waals surface area contributed by atoms with Gasteiger partial charge in [-0.05, 0) is 37.5 Å². The Kier molecular flexibility index (Phi) is 3.24. The van der Waals surface area contributed by atoms with E-state index in [1.165, 1.54) is 6.07 Å². The van der Waals surface area contributed by atoms with E-state index in [1.807, 2.05) is 19.1 Å². The van der Waals surface area contributed by atoms with Crippen LogP contribution in [0.4, 0.5) is 0 Å². The van der Waals surface area contributed by atoms with Gasteiger partial charge in [0.15, 0.2) is 0 Å². The SMILES string of the molecule is CC(C#N)CCc1cccc2oc(=O)ccc12. The smallest absolute Gasteiger partial charge is 0.336 e. The van der Waals surface area contributed by atoms with Crippen LogP contribution in [-0.4, -0.2) is 0 Å². The third kappa shape index (κ3) is 2.54. The Morgan fingerprint density at radius 3 is 2.94 bits per heavy atom. The fourth-order valence-corrected chi connectivity index (χ4v) is 1.82. The summed E-state index contributed by atoms with van der Waals surface area (Å²) < 4.78 is 5.11. The zero-order valence-electron chi connectivity index (χ0n) is 9.64. The average Bonchev–Trinajstić information content (AvgIpc) is 2.35. The molecule has 0 amide bonds. The average molecular weight is 227 g/mol. The Labute approximate surface area is 99.3 Å². The first-order valence-corrected chi connectivity index (χ1v) is 5.62. The minimum atomic E-state index is -0.333. The highest BCUT2D eigenvalue weighted by molar-refractivity contribution is 5.80. The molecule has 2 rings (SSSR count). The molecule has 0 bridgehead atoms. The molecule has 0 aliphatic heterocycles. The summed E-state index contributed by atoms with van der Waals surface area (Å²) in [6.45, 7) is 1.91. The number of nitriles is 1. The molecule has 1 atom stereocenters. The minimum absolute atomic E-state index is 0.0426. The number of fused-ring (bicyclic) bond motifs is 1. The number of nitrogens with zero attached hydrogens (tertiary/aromatic N) is 1. The zero-order chi connectivity index (χ0) is 12.3. The molecular formula is C14H13NO2. The van der Waals surface area contributed by atoms with Gasteiger partial charge >= 0.3 is 5.63 Å². The molecule has 1 heterocycles. The molecule has 3 nitrogen and oxygen atoms in total. The lowest BCUT2D eigenvalue weighted by Gasteiger charge is -2.06. The highest BCUT2D eigenvalue weighted by Gasteiger charge is 2.05. The molecule has 0 saturated heterocycles. The second-order valence-electron chi connectivity index (χ2n) is 4.15. The van der Waals surface area contributed by atoms with Crippen molar-refractivity contribution in [2.75, 3.05) is 0 Å². The Balaban J connectivity index is 2.35. The molecule has 0 aliphatic rings. The van der Waals surface area contributed by atoms with Crippen molar-refractivity contribution in [2.24, 2.45) is 5.92 Å². The number of aryl methyl sites for hydroxylation is 1. The molecule has 3 heteroatoms. The molecule has 0 aliphatic carbocycles. The molecule has 0 saturated carbocycles. The van der Waals surface area contributed by atoms with E-state index in [-0.39, 0.29) is 11.5 Å². The van der Waals surface area contributed by atoms with Crippen LogP contribution in [-0.2, 0) is 6.42 Å². The third-order valence-electron chi connectivity index (χ3n) is 2.82. The monoisotopic (exact) mass is 227 g/mol. The standard InChI is InChI=1S/C14H13NO2/c1-10(9-15)5-6-11-3-2-4-13-12(11)7-8-14(16)17-13/h2-4,7-8,10H,5-6H2,1H3. The van der Waals surface area contributed by atoms with Crippen LogP contribution in [0.3, 0.4) is 0 Å². The van der Waals surface area contributed by atoms with Crippen LogP contribution in [0, 0.1) is 17.2 Å². The fraction of sp³-hybridized carbons (Fsp3) is 0.286. The van der Waals surface area contributed by atoms with Crippen molar-refractivity contribution >= 4 is 11.0 Å². The highest BCUT2D eigenvalue weighted by Crippen LogP contribution is 2.19. The fourth-order valence-electron chi connectivity index (χ4n) is 1.82. The summed E-state index contributed by atoms with van der Waals surface area (Å²) in [5.41, 5.74) is 1.40. The Morgan fingerprint density at radius 2 is 2.18 bits per heavy atom. The molecular weight excluding hydrogens is 214 g/mol. The quantitative estimate of drug-likeness (QED) is 0.757. The first-order valence-electron chi connectivity index (χ1n) is 5.62. The van der Waals surface area contributed by atoms with Gasteiger partial charge in [0.2, 0.25) is 0 Å². The summed E-state index contributed by atoms with van der Waals surface area (Å²) in [7, 11) is 0. The van der Waals surface area contributed by atoms with Crippen LogP contribution in [0.25, 0.3) is 11.0 Å². The van der Waals surface area contributed by atoms with Gasteiger partial charge in [-0.25, -0.2) is 4.79 Å². The van der Waals surface area contributed by atoms with Gasteiger partial charge in [0.25, 0.3) is 0 Å². The van der Waals surface area contributed by atoms with E-state index in [0.717, 1.165) is 23.8 Å². The Bertz CT molecular complexity index is 622. The maximum Gasteiger partial charge on any atom is 0.336 e. The lowest BCUT2D eigenvalue weighted by Crippen LogP contribution is -1.98. The lowest BCUT2D eigenvalue weighted by molar-refractivity contribution is 0.560. The van der Waals surface area contributed by atoms with Gasteiger partial charge in [0, 0.05) is 17.4 Å². The van der Waals surface area contributed by atoms with E-state index >= 15 is 0 Å². The van der Waals surface area contributed by atoms with Crippen molar-refractivity contribution < 1.29 is 4.42 Å². The van der Waals surface area contributed by atoms with Gasteiger partial charge in [-0.1, -0.05) is 12.1 Å². The molecule has 0 radical (unpaired) electrons. The van der Waals surface area contributed by atoms with Crippen molar-refractivity contribution in [3.05, 3.63) is 46.3 Å². The van der Waals surface area contributed by atoms with E-state index < -0.39 is 0 Å². The summed E-state index contributed by atoms with van der Waals surface area (Å²) in [6.07, 6.45) is 1.63. The molecule has 1 unspecified atom stereocenters. The van der Waals surface area contributed by atoms with Gasteiger partial charge < -0.3 is 4.42 Å². The zero-order valence-corrected chi connectivity index (χ0v) is 9.64. The van der Waals surface area contributed by atoms with Crippen LogP contribution >= 0.6 is 0 Å². The predicted molar refractivity (Wildman–Crippen MR) is 65.6 cm³/mol. The lowest BCUT2D eigenvalue weighted by atomic mass is 9.99. The van der Waals surface area contributed by atoms with E-state index in [1.54, 1.807) is 12.1 Å². The Morgan fingerprint density at radius 1 is 1.35 bits per heavy atom. The maximum atomic E-state index is 11.1. The van der Waals surface area contributed by atoms with Crippen LogP contribution < -0.4 is 5.63 Å². The first-order chi connectivity index (χ1) is 8.20. The molecule has 2 aromatic rings. The first kappa shape index (κ1) is 11.4. The summed E-state index contributed by atoms with van der Waals surface area (Å²) in [5.74, 6) is 0.0426. The van der Waals surface area contributed by atoms with Crippen molar-refractivity contribution in [2.45, 2.75) is 19.8 Å². The summed E-state index contributed by atoms with van der Waals surface area (Å²) in [6, 6.07) is 11.1. The van der Waals surface area contributed by atoms with E-state index in [4.69, 9.17) is 9.68 Å². The van der Waals surface area contributed by atoms with Crippen LogP contribution in [0.2, 0.25) is 0 Å². The molecule has 86 valence electrons. The normalized spacial score (nSPS) is 12.2. The number of hydrogen-bond donors (Lipinski definition) is 0. The van der Waals surface area contributed by atoms with Crippen LogP contribution in [0.15, 0.2) is 39.5 Å². The summed E-state index contributed by atoms with van der Waals surface area (Å²) >= 11 is 0.